The monoisotopic (exact) mass is 398 g/mol. The third-order valence-electron chi connectivity index (χ3n) is 5.22. The van der Waals surface area contributed by atoms with Gasteiger partial charge in [0.15, 0.2) is 11.5 Å². The van der Waals surface area contributed by atoms with E-state index in [2.05, 4.69) is 9.88 Å². The molecule has 1 aliphatic rings. The predicted octanol–water partition coefficient (Wildman–Crippen LogP) is 3.95. The number of carbonyl (C=O) groups excluding carboxylic acids is 1. The van der Waals surface area contributed by atoms with E-state index in [4.69, 9.17) is 21.4 Å². The third-order valence-corrected chi connectivity index (χ3v) is 5.53. The summed E-state index contributed by atoms with van der Waals surface area (Å²) in [4.78, 5) is 18.3. The van der Waals surface area contributed by atoms with Crippen molar-refractivity contribution < 1.29 is 9.53 Å². The Hall–Kier alpha value is -2.60. The average molecular weight is 399 g/mol. The highest BCUT2D eigenvalue weighted by Crippen LogP contribution is 2.35. The molecule has 1 aromatic carbocycles. The Morgan fingerprint density at radius 3 is 2.79 bits per heavy atom. The van der Waals surface area contributed by atoms with Crippen molar-refractivity contribution in [1.29, 1.82) is 0 Å². The number of fused-ring (bicyclic) bond motifs is 1. The smallest absolute Gasteiger partial charge is 0.161 e. The first-order chi connectivity index (χ1) is 13.5. The van der Waals surface area contributed by atoms with E-state index in [1.165, 1.54) is 0 Å². The van der Waals surface area contributed by atoms with E-state index >= 15 is 0 Å². The van der Waals surface area contributed by atoms with Crippen LogP contribution < -0.4 is 9.64 Å². The number of carbonyl (C=O) groups is 1. The van der Waals surface area contributed by atoms with Gasteiger partial charge in [-0.2, -0.15) is 5.10 Å². The van der Waals surface area contributed by atoms with E-state index in [9.17, 15) is 4.79 Å². The number of anilines is 1. The van der Waals surface area contributed by atoms with Crippen LogP contribution in [-0.4, -0.2) is 40.7 Å². The van der Waals surface area contributed by atoms with Crippen LogP contribution in [0, 0.1) is 5.92 Å². The summed E-state index contributed by atoms with van der Waals surface area (Å²) in [6.45, 7) is 3.94. The van der Waals surface area contributed by atoms with Gasteiger partial charge in [0.2, 0.25) is 0 Å². The van der Waals surface area contributed by atoms with Crippen LogP contribution >= 0.6 is 11.6 Å². The first-order valence-electron chi connectivity index (χ1n) is 9.43. The van der Waals surface area contributed by atoms with Crippen LogP contribution in [0.4, 0.5) is 5.82 Å². The van der Waals surface area contributed by atoms with Crippen LogP contribution in [0.25, 0.3) is 11.0 Å². The number of hydrogen-bond acceptors (Lipinski definition) is 5. The summed E-state index contributed by atoms with van der Waals surface area (Å²) in [5.41, 5.74) is 1.88. The molecular weight excluding hydrogens is 376 g/mol. The Morgan fingerprint density at radius 1 is 1.29 bits per heavy atom. The van der Waals surface area contributed by atoms with Crippen LogP contribution in [0.1, 0.15) is 25.3 Å². The minimum Gasteiger partial charge on any atom is -0.497 e. The van der Waals surface area contributed by atoms with Gasteiger partial charge in [0, 0.05) is 25.7 Å². The second-order valence-electron chi connectivity index (χ2n) is 7.33. The van der Waals surface area contributed by atoms with Crippen molar-refractivity contribution in [3.63, 3.8) is 0 Å². The molecule has 4 rings (SSSR count). The molecule has 0 bridgehead atoms. The molecule has 1 aliphatic heterocycles. The Morgan fingerprint density at radius 2 is 2.07 bits per heavy atom. The molecule has 3 aromatic rings. The van der Waals surface area contributed by atoms with Crippen LogP contribution in [0.3, 0.4) is 0 Å². The molecule has 0 aliphatic carbocycles. The highest BCUT2D eigenvalue weighted by atomic mass is 35.5. The van der Waals surface area contributed by atoms with Gasteiger partial charge in [-0.3, -0.25) is 0 Å². The largest absolute Gasteiger partial charge is 0.497 e. The molecule has 6 nitrogen and oxygen atoms in total. The second-order valence-corrected chi connectivity index (χ2v) is 7.73. The number of pyridine rings is 1. The summed E-state index contributed by atoms with van der Waals surface area (Å²) in [5.74, 6) is 2.29. The summed E-state index contributed by atoms with van der Waals surface area (Å²) in [6.07, 6.45) is 3.32. The van der Waals surface area contributed by atoms with Gasteiger partial charge in [-0.25, -0.2) is 9.67 Å². The van der Waals surface area contributed by atoms with Crippen molar-refractivity contribution in [1.82, 2.24) is 14.8 Å². The Kier molecular flexibility index (Phi) is 5.22. The zero-order chi connectivity index (χ0) is 19.7. The van der Waals surface area contributed by atoms with Crippen molar-refractivity contribution in [3.05, 3.63) is 47.1 Å². The first kappa shape index (κ1) is 18.7. The number of benzene rings is 1. The topological polar surface area (TPSA) is 60.2 Å². The molecule has 28 heavy (non-hydrogen) atoms. The maximum absolute atomic E-state index is 11.5. The number of halogens is 1. The molecule has 146 valence electrons. The fourth-order valence-corrected chi connectivity index (χ4v) is 4.10. The van der Waals surface area contributed by atoms with E-state index in [0.717, 1.165) is 47.7 Å². The fourth-order valence-electron chi connectivity index (χ4n) is 3.88. The minimum atomic E-state index is 0.237. The van der Waals surface area contributed by atoms with Gasteiger partial charge in [0.1, 0.15) is 11.5 Å². The van der Waals surface area contributed by atoms with E-state index in [-0.39, 0.29) is 5.78 Å². The van der Waals surface area contributed by atoms with Crippen molar-refractivity contribution >= 4 is 34.2 Å². The molecule has 1 saturated heterocycles. The van der Waals surface area contributed by atoms with Crippen LogP contribution in [0.2, 0.25) is 5.02 Å². The quantitative estimate of drug-likeness (QED) is 0.629. The molecular formula is C21H23ClN4O2. The zero-order valence-electron chi connectivity index (χ0n) is 16.1. The lowest BCUT2D eigenvalue weighted by atomic mass is 10.0. The second kappa shape index (κ2) is 7.80. The zero-order valence-corrected chi connectivity index (χ0v) is 16.8. The maximum Gasteiger partial charge on any atom is 0.161 e. The van der Waals surface area contributed by atoms with Crippen LogP contribution in [0.5, 0.6) is 5.75 Å². The van der Waals surface area contributed by atoms with Gasteiger partial charge in [-0.05, 0) is 43.0 Å². The summed E-state index contributed by atoms with van der Waals surface area (Å²) in [7, 11) is 1.66. The lowest BCUT2D eigenvalue weighted by Crippen LogP contribution is -2.21. The number of aromatic nitrogens is 3. The number of methoxy groups -OCH3 is 1. The number of nitrogens with zero attached hydrogens (tertiary/aromatic N) is 4. The Labute approximate surface area is 169 Å². The molecule has 7 heteroatoms. The van der Waals surface area contributed by atoms with Gasteiger partial charge in [0.05, 0.1) is 24.1 Å². The summed E-state index contributed by atoms with van der Waals surface area (Å²) < 4.78 is 7.13. The number of hydrogen-bond donors (Lipinski definition) is 0. The van der Waals surface area contributed by atoms with Gasteiger partial charge in [0.25, 0.3) is 0 Å². The Balaban J connectivity index is 1.67. The third kappa shape index (κ3) is 3.69. The molecule has 0 radical (unpaired) electrons. The molecule has 0 unspecified atom stereocenters. The van der Waals surface area contributed by atoms with Gasteiger partial charge >= 0.3 is 0 Å². The first-order valence-corrected chi connectivity index (χ1v) is 9.81. The van der Waals surface area contributed by atoms with Crippen molar-refractivity contribution in [2.75, 3.05) is 25.1 Å². The minimum absolute atomic E-state index is 0.237. The Bertz CT molecular complexity index is 1000. The van der Waals surface area contributed by atoms with Crippen molar-refractivity contribution in [2.24, 2.45) is 5.92 Å². The lowest BCUT2D eigenvalue weighted by molar-refractivity contribution is -0.117. The molecule has 3 heterocycles. The number of ether oxygens (including phenoxy) is 1. The SMILES string of the molecule is COc1ccc(Cn2nc(N3CC[C@@H](CC(C)=O)C3)c3c(Cl)ccnc32)cc1. The number of ketones is 1. The fraction of sp³-hybridized carbons (Fsp3) is 0.381. The van der Waals surface area contributed by atoms with E-state index in [0.29, 0.717) is 23.9 Å². The summed E-state index contributed by atoms with van der Waals surface area (Å²) in [5, 5.41) is 6.39. The summed E-state index contributed by atoms with van der Waals surface area (Å²) in [6, 6.07) is 9.73. The van der Waals surface area contributed by atoms with Gasteiger partial charge in [-0.1, -0.05) is 23.7 Å². The van der Waals surface area contributed by atoms with Crippen molar-refractivity contribution in [3.8, 4) is 5.75 Å². The highest BCUT2D eigenvalue weighted by molar-refractivity contribution is 6.36. The van der Waals surface area contributed by atoms with E-state index in [1.54, 1.807) is 26.3 Å². The normalized spacial score (nSPS) is 16.7. The lowest BCUT2D eigenvalue weighted by Gasteiger charge is -2.16. The van der Waals surface area contributed by atoms with E-state index in [1.807, 2.05) is 28.9 Å². The predicted molar refractivity (Wildman–Crippen MR) is 110 cm³/mol. The van der Waals surface area contributed by atoms with E-state index < -0.39 is 0 Å². The molecule has 2 aromatic heterocycles. The van der Waals surface area contributed by atoms with Gasteiger partial charge < -0.3 is 14.4 Å². The van der Waals surface area contributed by atoms with Crippen LogP contribution in [0.15, 0.2) is 36.5 Å². The summed E-state index contributed by atoms with van der Waals surface area (Å²) >= 11 is 6.53. The molecule has 0 spiro atoms. The highest BCUT2D eigenvalue weighted by Gasteiger charge is 2.28. The number of Topliss-reactive ketones (excluding diaryl/α,β-unsaturated/α-hetero) is 1. The molecule has 0 N–H and O–H groups in total. The number of rotatable bonds is 6. The van der Waals surface area contributed by atoms with Crippen molar-refractivity contribution in [2.45, 2.75) is 26.3 Å². The molecule has 1 fully saturated rings. The van der Waals surface area contributed by atoms with Gasteiger partial charge in [-0.15, -0.1) is 0 Å². The standard InChI is InChI=1S/C21H23ClN4O2/c1-14(27)11-16-8-10-25(12-16)21-19-18(22)7-9-23-20(19)26(24-21)13-15-3-5-17(28-2)6-4-15/h3-7,9,16H,8,10-13H2,1-2H3/t16-/m0/s1. The van der Waals surface area contributed by atoms with Crippen LogP contribution in [-0.2, 0) is 11.3 Å². The average Bonchev–Trinajstić information content (AvgIpc) is 3.27. The molecule has 1 atom stereocenters. The molecule has 0 amide bonds. The maximum atomic E-state index is 11.5. The molecule has 0 saturated carbocycles.